The molecule has 0 spiro atoms. The number of nitriles is 1. The van der Waals surface area contributed by atoms with Gasteiger partial charge in [-0.25, -0.2) is 0 Å². The summed E-state index contributed by atoms with van der Waals surface area (Å²) in [5.74, 6) is -0.931. The van der Waals surface area contributed by atoms with Crippen molar-refractivity contribution in [2.75, 3.05) is 6.61 Å². The molecule has 1 aromatic rings. The zero-order chi connectivity index (χ0) is 17.7. The molecule has 0 saturated heterocycles. The first-order valence-electron chi connectivity index (χ1n) is 7.45. The fourth-order valence-electron chi connectivity index (χ4n) is 2.43. The zero-order valence-electron chi connectivity index (χ0n) is 13.0. The van der Waals surface area contributed by atoms with E-state index in [0.29, 0.717) is 23.8 Å². The standard InChI is InChI=1S/C17H18ClN3O3/c1-2-7-24-14-5-3-11(8-13(14)18)4-6-15(22)21-17(10-19)9-12(17)16(20)23/h2-3,5,8,12H,1,4,6-7,9H2,(H2,20,23)(H,21,22)/t12?,17-/m1/s1. The van der Waals surface area contributed by atoms with Crippen LogP contribution in [0, 0.1) is 17.2 Å². The first kappa shape index (κ1) is 17.8. The minimum atomic E-state index is -1.14. The molecular formula is C17H18ClN3O3. The second kappa shape index (κ2) is 7.37. The summed E-state index contributed by atoms with van der Waals surface area (Å²) in [6, 6.07) is 7.26. The van der Waals surface area contributed by atoms with Gasteiger partial charge in [0.25, 0.3) is 0 Å². The number of carbonyl (C=O) groups excluding carboxylic acids is 2. The van der Waals surface area contributed by atoms with Crippen LogP contribution in [-0.4, -0.2) is 24.0 Å². The first-order chi connectivity index (χ1) is 11.4. The third-order valence-corrected chi connectivity index (χ3v) is 4.16. The van der Waals surface area contributed by atoms with E-state index in [2.05, 4.69) is 11.9 Å². The SMILES string of the molecule is C=CCOc1ccc(CCC(=O)N[C@@]2(C#N)CC2C(N)=O)cc1Cl. The Hall–Kier alpha value is -2.52. The molecule has 1 aromatic carbocycles. The predicted molar refractivity (Wildman–Crippen MR) is 89.3 cm³/mol. The Morgan fingerprint density at radius 3 is 2.88 bits per heavy atom. The summed E-state index contributed by atoms with van der Waals surface area (Å²) in [7, 11) is 0. The third kappa shape index (κ3) is 4.06. The van der Waals surface area contributed by atoms with Crippen molar-refractivity contribution in [3.63, 3.8) is 0 Å². The Morgan fingerprint density at radius 1 is 1.58 bits per heavy atom. The van der Waals surface area contributed by atoms with E-state index in [1.165, 1.54) is 0 Å². The Bertz CT molecular complexity index is 714. The molecule has 3 N–H and O–H groups in total. The number of hydrogen-bond acceptors (Lipinski definition) is 4. The summed E-state index contributed by atoms with van der Waals surface area (Å²) in [6.07, 6.45) is 2.52. The normalized spacial score (nSPS) is 21.4. The molecule has 1 unspecified atom stereocenters. The molecule has 1 aliphatic carbocycles. The average molecular weight is 348 g/mol. The Kier molecular flexibility index (Phi) is 5.47. The van der Waals surface area contributed by atoms with Gasteiger partial charge in [0.1, 0.15) is 17.9 Å². The smallest absolute Gasteiger partial charge is 0.224 e. The number of benzene rings is 1. The number of nitrogens with zero attached hydrogens (tertiary/aromatic N) is 1. The maximum Gasteiger partial charge on any atom is 0.224 e. The molecule has 2 atom stereocenters. The summed E-state index contributed by atoms with van der Waals surface area (Å²) >= 11 is 6.12. The van der Waals surface area contributed by atoms with Gasteiger partial charge in [-0.05, 0) is 30.5 Å². The molecule has 0 bridgehead atoms. The van der Waals surface area contributed by atoms with Crippen LogP contribution in [0.15, 0.2) is 30.9 Å². The van der Waals surface area contributed by atoms with Crippen molar-refractivity contribution in [2.24, 2.45) is 11.7 Å². The lowest BCUT2D eigenvalue weighted by atomic mass is 10.1. The monoisotopic (exact) mass is 347 g/mol. The molecule has 0 heterocycles. The van der Waals surface area contributed by atoms with E-state index >= 15 is 0 Å². The average Bonchev–Trinajstić information content (AvgIpc) is 3.27. The Labute approximate surface area is 145 Å². The maximum atomic E-state index is 12.0. The van der Waals surface area contributed by atoms with Gasteiger partial charge in [0, 0.05) is 6.42 Å². The molecule has 1 aliphatic rings. The van der Waals surface area contributed by atoms with Gasteiger partial charge in [0.15, 0.2) is 0 Å². The van der Waals surface area contributed by atoms with Crippen molar-refractivity contribution >= 4 is 23.4 Å². The number of rotatable bonds is 8. The number of carbonyl (C=O) groups is 2. The van der Waals surface area contributed by atoms with Gasteiger partial charge >= 0.3 is 0 Å². The molecule has 6 nitrogen and oxygen atoms in total. The number of nitrogens with two attached hydrogens (primary N) is 1. The van der Waals surface area contributed by atoms with E-state index in [9.17, 15) is 9.59 Å². The molecule has 126 valence electrons. The lowest BCUT2D eigenvalue weighted by molar-refractivity contribution is -0.122. The highest BCUT2D eigenvalue weighted by Crippen LogP contribution is 2.42. The zero-order valence-corrected chi connectivity index (χ0v) is 13.8. The number of ether oxygens (including phenoxy) is 1. The van der Waals surface area contributed by atoms with Crippen LogP contribution in [0.3, 0.4) is 0 Å². The highest BCUT2D eigenvalue weighted by Gasteiger charge is 2.59. The molecule has 1 fully saturated rings. The largest absolute Gasteiger partial charge is 0.488 e. The van der Waals surface area contributed by atoms with Crippen molar-refractivity contribution in [3.8, 4) is 11.8 Å². The number of aryl methyl sites for hydroxylation is 1. The van der Waals surface area contributed by atoms with Gasteiger partial charge in [0.2, 0.25) is 11.8 Å². The first-order valence-corrected chi connectivity index (χ1v) is 7.83. The van der Waals surface area contributed by atoms with Crippen molar-refractivity contribution in [1.29, 1.82) is 5.26 Å². The number of halogens is 1. The third-order valence-electron chi connectivity index (χ3n) is 3.86. The van der Waals surface area contributed by atoms with Crippen LogP contribution in [-0.2, 0) is 16.0 Å². The van der Waals surface area contributed by atoms with Crippen molar-refractivity contribution in [1.82, 2.24) is 5.32 Å². The van der Waals surface area contributed by atoms with Gasteiger partial charge in [0.05, 0.1) is 17.0 Å². The Balaban J connectivity index is 1.88. The van der Waals surface area contributed by atoms with E-state index in [-0.39, 0.29) is 18.7 Å². The molecule has 0 aromatic heterocycles. The van der Waals surface area contributed by atoms with Crippen molar-refractivity contribution < 1.29 is 14.3 Å². The minimum absolute atomic E-state index is 0.179. The van der Waals surface area contributed by atoms with Gasteiger partial charge in [-0.15, -0.1) is 0 Å². The number of hydrogen-bond donors (Lipinski definition) is 2. The van der Waals surface area contributed by atoms with Crippen LogP contribution in [0.25, 0.3) is 0 Å². The quantitative estimate of drug-likeness (QED) is 0.698. The molecule has 24 heavy (non-hydrogen) atoms. The van der Waals surface area contributed by atoms with Gasteiger partial charge in [-0.2, -0.15) is 5.26 Å². The van der Waals surface area contributed by atoms with Crippen LogP contribution in [0.1, 0.15) is 18.4 Å². The molecule has 0 radical (unpaired) electrons. The van der Waals surface area contributed by atoms with Crippen LogP contribution >= 0.6 is 11.6 Å². The Morgan fingerprint density at radius 2 is 2.33 bits per heavy atom. The summed E-state index contributed by atoms with van der Waals surface area (Å²) in [6.45, 7) is 3.92. The van der Waals surface area contributed by atoms with E-state index in [1.54, 1.807) is 18.2 Å². The van der Waals surface area contributed by atoms with Gasteiger partial charge in [-0.1, -0.05) is 30.3 Å². The van der Waals surface area contributed by atoms with Gasteiger partial charge in [-0.3, -0.25) is 9.59 Å². The topological polar surface area (TPSA) is 105 Å². The lowest BCUT2D eigenvalue weighted by Gasteiger charge is -2.11. The van der Waals surface area contributed by atoms with E-state index in [4.69, 9.17) is 27.3 Å². The number of nitrogens with one attached hydrogen (secondary N) is 1. The second-order valence-corrected chi connectivity index (χ2v) is 6.06. The van der Waals surface area contributed by atoms with Crippen molar-refractivity contribution in [2.45, 2.75) is 24.8 Å². The molecule has 2 rings (SSSR count). The van der Waals surface area contributed by atoms with Gasteiger partial charge < -0.3 is 15.8 Å². The predicted octanol–water partition coefficient (Wildman–Crippen LogP) is 1.72. The van der Waals surface area contributed by atoms with Crippen molar-refractivity contribution in [3.05, 3.63) is 41.4 Å². The molecule has 1 saturated carbocycles. The molecule has 7 heteroatoms. The summed E-state index contributed by atoms with van der Waals surface area (Å²) < 4.78 is 5.38. The van der Waals surface area contributed by atoms with Crippen LogP contribution in [0.5, 0.6) is 5.75 Å². The summed E-state index contributed by atoms with van der Waals surface area (Å²) in [5, 5.41) is 12.2. The van der Waals surface area contributed by atoms with Crippen LogP contribution in [0.2, 0.25) is 5.02 Å². The highest BCUT2D eigenvalue weighted by molar-refractivity contribution is 6.32. The number of primary amides is 1. The minimum Gasteiger partial charge on any atom is -0.488 e. The lowest BCUT2D eigenvalue weighted by Crippen LogP contribution is -2.39. The van der Waals surface area contributed by atoms with E-state index in [1.807, 2.05) is 12.1 Å². The van der Waals surface area contributed by atoms with E-state index < -0.39 is 17.4 Å². The summed E-state index contributed by atoms with van der Waals surface area (Å²) in [4.78, 5) is 23.1. The summed E-state index contributed by atoms with van der Waals surface area (Å²) in [5.41, 5.74) is 4.91. The molecule has 0 aliphatic heterocycles. The van der Waals surface area contributed by atoms with Crippen LogP contribution < -0.4 is 15.8 Å². The number of amides is 2. The molecule has 2 amide bonds. The fraction of sp³-hybridized carbons (Fsp3) is 0.353. The molecular weight excluding hydrogens is 330 g/mol. The highest BCUT2D eigenvalue weighted by atomic mass is 35.5. The maximum absolute atomic E-state index is 12.0. The van der Waals surface area contributed by atoms with E-state index in [0.717, 1.165) is 5.56 Å². The van der Waals surface area contributed by atoms with Crippen LogP contribution in [0.4, 0.5) is 0 Å². The fourth-order valence-corrected chi connectivity index (χ4v) is 2.69. The second-order valence-electron chi connectivity index (χ2n) is 5.65.